The number of carboxylic acids is 1. The number of ether oxygens (including phenoxy) is 1. The van der Waals surface area contributed by atoms with Crippen molar-refractivity contribution in [3.05, 3.63) is 47.2 Å². The number of sulfone groups is 1. The van der Waals surface area contributed by atoms with Crippen LogP contribution in [0.5, 0.6) is 0 Å². The third-order valence-electron chi connectivity index (χ3n) is 6.06. The molecule has 4 aromatic heterocycles. The molecule has 0 atom stereocenters. The van der Waals surface area contributed by atoms with Crippen LogP contribution >= 0.6 is 11.3 Å². The van der Waals surface area contributed by atoms with E-state index in [1.807, 2.05) is 21.4 Å². The van der Waals surface area contributed by atoms with E-state index >= 15 is 0 Å². The first-order valence-corrected chi connectivity index (χ1v) is 15.1. The van der Waals surface area contributed by atoms with Crippen LogP contribution in [0.1, 0.15) is 5.82 Å². The number of carbonyl (C=O) groups is 1. The number of aromatic nitrogens is 6. The number of alkyl halides is 3. The normalized spacial score (nSPS) is 14.1. The molecule has 1 aliphatic rings. The summed E-state index contributed by atoms with van der Waals surface area (Å²) in [5.41, 5.74) is 3.72. The summed E-state index contributed by atoms with van der Waals surface area (Å²) in [4.78, 5) is 33.3. The maximum Gasteiger partial charge on any atom is 0.490 e. The number of halogens is 3. The van der Waals surface area contributed by atoms with E-state index in [0.717, 1.165) is 5.69 Å². The summed E-state index contributed by atoms with van der Waals surface area (Å²) in [5, 5.41) is 14.5. The Morgan fingerprint density at radius 2 is 1.93 bits per heavy atom. The Balaban J connectivity index is 0.000000451. The summed E-state index contributed by atoms with van der Waals surface area (Å²) in [6.45, 7) is 3.03. The van der Waals surface area contributed by atoms with Crippen molar-refractivity contribution in [3.8, 4) is 5.69 Å². The zero-order chi connectivity index (χ0) is 30.1. The standard InChI is InChI=1S/C22H22N8O3S2.C2HF3O2/c1-35(31,32)15-2-3-16-17(10-15)26-18(25-16)11-23-20-19-21(30(13-24-19)14-4-9-34-12-14)28-22(27-20)29-5-7-33-8-6-29;3-2(4,5)1(6)7/h2-4,9-10,12-13H,5-8,11H2,1H3,(H,25,26)(H,23,27,28);(H,6,7). The largest absolute Gasteiger partial charge is 0.490 e. The summed E-state index contributed by atoms with van der Waals surface area (Å²) in [6.07, 6.45) is -2.14. The van der Waals surface area contributed by atoms with Gasteiger partial charge in [0.05, 0.1) is 41.4 Å². The molecule has 1 saturated heterocycles. The van der Waals surface area contributed by atoms with Gasteiger partial charge in [0.15, 0.2) is 26.8 Å². The van der Waals surface area contributed by atoms with Gasteiger partial charge in [-0.05, 0) is 29.6 Å². The van der Waals surface area contributed by atoms with Crippen molar-refractivity contribution in [1.82, 2.24) is 29.5 Å². The number of hydrogen-bond donors (Lipinski definition) is 3. The number of thiophene rings is 1. The molecule has 0 saturated carbocycles. The maximum atomic E-state index is 11.9. The number of nitrogens with one attached hydrogen (secondary N) is 2. The van der Waals surface area contributed by atoms with Gasteiger partial charge < -0.3 is 25.0 Å². The predicted molar refractivity (Wildman–Crippen MR) is 148 cm³/mol. The molecular formula is C24H23F3N8O5S2. The molecule has 0 spiro atoms. The molecule has 0 bridgehead atoms. The smallest absolute Gasteiger partial charge is 0.475 e. The van der Waals surface area contributed by atoms with E-state index < -0.39 is 22.0 Å². The van der Waals surface area contributed by atoms with Crippen LogP contribution in [-0.2, 0) is 25.9 Å². The Bertz CT molecular complexity index is 1830. The van der Waals surface area contributed by atoms with Crippen molar-refractivity contribution in [2.45, 2.75) is 17.6 Å². The van der Waals surface area contributed by atoms with Crippen molar-refractivity contribution < 1.29 is 36.2 Å². The minimum Gasteiger partial charge on any atom is -0.475 e. The zero-order valence-corrected chi connectivity index (χ0v) is 23.4. The van der Waals surface area contributed by atoms with Crippen LogP contribution in [0.2, 0.25) is 0 Å². The molecule has 1 aliphatic heterocycles. The van der Waals surface area contributed by atoms with Gasteiger partial charge in [-0.15, -0.1) is 0 Å². The first-order valence-electron chi connectivity index (χ1n) is 12.2. The highest BCUT2D eigenvalue weighted by atomic mass is 32.2. The molecule has 0 unspecified atom stereocenters. The molecule has 5 heterocycles. The van der Waals surface area contributed by atoms with E-state index in [-0.39, 0.29) is 4.90 Å². The summed E-state index contributed by atoms with van der Waals surface area (Å²) in [6, 6.07) is 6.89. The van der Waals surface area contributed by atoms with Gasteiger partial charge in [0.25, 0.3) is 0 Å². The summed E-state index contributed by atoms with van der Waals surface area (Å²) >= 11 is 1.61. The lowest BCUT2D eigenvalue weighted by molar-refractivity contribution is -0.192. The number of aliphatic carboxylic acids is 1. The number of rotatable bonds is 6. The zero-order valence-electron chi connectivity index (χ0n) is 21.8. The van der Waals surface area contributed by atoms with Crippen LogP contribution < -0.4 is 10.2 Å². The molecule has 222 valence electrons. The Kier molecular flexibility index (Phi) is 8.02. The summed E-state index contributed by atoms with van der Waals surface area (Å²) in [5.74, 6) is -0.888. The first-order chi connectivity index (χ1) is 19.9. The van der Waals surface area contributed by atoms with Gasteiger partial charge in [-0.2, -0.15) is 34.5 Å². The number of H-pyrrole nitrogens is 1. The van der Waals surface area contributed by atoms with Crippen LogP contribution in [0.4, 0.5) is 24.9 Å². The number of nitrogens with zero attached hydrogens (tertiary/aromatic N) is 6. The monoisotopic (exact) mass is 624 g/mol. The topological polar surface area (TPSA) is 168 Å². The Morgan fingerprint density at radius 3 is 2.57 bits per heavy atom. The fraction of sp³-hybridized carbons (Fsp3) is 0.292. The molecule has 5 aromatic rings. The number of anilines is 2. The molecule has 0 aliphatic carbocycles. The molecule has 1 aromatic carbocycles. The summed E-state index contributed by atoms with van der Waals surface area (Å²) in [7, 11) is -3.30. The van der Waals surface area contributed by atoms with Gasteiger partial charge in [-0.1, -0.05) is 0 Å². The molecule has 18 heteroatoms. The lowest BCUT2D eigenvalue weighted by Gasteiger charge is -2.27. The van der Waals surface area contributed by atoms with Crippen LogP contribution in [0.15, 0.2) is 46.2 Å². The Morgan fingerprint density at radius 1 is 1.19 bits per heavy atom. The molecule has 3 N–H and O–H groups in total. The van der Waals surface area contributed by atoms with E-state index in [0.29, 0.717) is 72.6 Å². The van der Waals surface area contributed by atoms with Crippen LogP contribution in [0.25, 0.3) is 27.9 Å². The number of aromatic amines is 1. The SMILES string of the molecule is CS(=O)(=O)c1ccc2nc(CNc3nc(N4CCOCC4)nc4c3ncn4-c3ccsc3)[nH]c2c1.O=C(O)C(F)(F)F. The first kappa shape index (κ1) is 29.2. The number of carboxylic acid groups (broad SMARTS) is 1. The highest BCUT2D eigenvalue weighted by molar-refractivity contribution is 7.90. The highest BCUT2D eigenvalue weighted by Gasteiger charge is 2.38. The second-order valence-corrected chi connectivity index (χ2v) is 11.8. The van der Waals surface area contributed by atoms with E-state index in [2.05, 4.69) is 25.2 Å². The molecular weight excluding hydrogens is 601 g/mol. The van der Waals surface area contributed by atoms with Crippen molar-refractivity contribution in [2.24, 2.45) is 0 Å². The lowest BCUT2D eigenvalue weighted by atomic mass is 10.3. The minimum atomic E-state index is -5.08. The number of imidazole rings is 2. The fourth-order valence-electron chi connectivity index (χ4n) is 4.02. The fourth-order valence-corrected chi connectivity index (χ4v) is 5.30. The maximum absolute atomic E-state index is 11.9. The van der Waals surface area contributed by atoms with Crippen molar-refractivity contribution in [2.75, 3.05) is 42.8 Å². The van der Waals surface area contributed by atoms with Gasteiger partial charge in [0.1, 0.15) is 12.2 Å². The second kappa shape index (κ2) is 11.5. The highest BCUT2D eigenvalue weighted by Crippen LogP contribution is 2.27. The second-order valence-electron chi connectivity index (χ2n) is 9.03. The minimum absolute atomic E-state index is 0.250. The van der Waals surface area contributed by atoms with E-state index in [1.54, 1.807) is 35.9 Å². The average Bonchev–Trinajstić information content (AvgIpc) is 3.70. The predicted octanol–water partition coefficient (Wildman–Crippen LogP) is 3.24. The van der Waals surface area contributed by atoms with Crippen molar-refractivity contribution in [3.63, 3.8) is 0 Å². The quantitative estimate of drug-likeness (QED) is 0.254. The number of benzene rings is 1. The van der Waals surface area contributed by atoms with E-state index in [4.69, 9.17) is 24.6 Å². The average molecular weight is 625 g/mol. The van der Waals surface area contributed by atoms with Crippen LogP contribution in [0, 0.1) is 0 Å². The third kappa shape index (κ3) is 6.44. The molecule has 13 nitrogen and oxygen atoms in total. The Labute approximate surface area is 239 Å². The molecule has 42 heavy (non-hydrogen) atoms. The van der Waals surface area contributed by atoms with E-state index in [9.17, 15) is 21.6 Å². The van der Waals surface area contributed by atoms with Crippen molar-refractivity contribution in [1.29, 1.82) is 0 Å². The number of hydrogen-bond acceptors (Lipinski definition) is 11. The van der Waals surface area contributed by atoms with Gasteiger partial charge in [-0.25, -0.2) is 23.2 Å². The van der Waals surface area contributed by atoms with Gasteiger partial charge in [0, 0.05) is 24.7 Å². The molecule has 0 amide bonds. The molecule has 0 radical (unpaired) electrons. The molecule has 1 fully saturated rings. The lowest BCUT2D eigenvalue weighted by Crippen LogP contribution is -2.37. The van der Waals surface area contributed by atoms with E-state index in [1.165, 1.54) is 6.26 Å². The third-order valence-corrected chi connectivity index (χ3v) is 7.84. The van der Waals surface area contributed by atoms with Crippen LogP contribution in [0.3, 0.4) is 0 Å². The van der Waals surface area contributed by atoms with Crippen molar-refractivity contribution >= 4 is 61.1 Å². The molecule has 6 rings (SSSR count). The van der Waals surface area contributed by atoms with Gasteiger partial charge in [-0.3, -0.25) is 4.57 Å². The number of morpholine rings is 1. The van der Waals surface area contributed by atoms with Gasteiger partial charge in [0.2, 0.25) is 5.95 Å². The van der Waals surface area contributed by atoms with Crippen LogP contribution in [-0.4, -0.2) is 87.7 Å². The summed E-state index contributed by atoms with van der Waals surface area (Å²) < 4.78 is 63.0. The number of fused-ring (bicyclic) bond motifs is 2. The Hall–Kier alpha value is -4.29. The van der Waals surface area contributed by atoms with Gasteiger partial charge >= 0.3 is 12.1 Å².